The molecule has 0 radical (unpaired) electrons. The Bertz CT molecular complexity index is 716. The minimum Gasteiger partial charge on any atom is -0.364 e. The minimum atomic E-state index is -0.594. The Morgan fingerprint density at radius 3 is 2.38 bits per heavy atom. The second-order valence-corrected chi connectivity index (χ2v) is 7.76. The van der Waals surface area contributed by atoms with E-state index in [1.807, 2.05) is 0 Å². The van der Waals surface area contributed by atoms with Crippen molar-refractivity contribution in [2.24, 2.45) is 17.6 Å². The van der Waals surface area contributed by atoms with E-state index in [4.69, 9.17) is 5.73 Å². The number of primary amides is 1. The molecule has 5 N–H and O–H groups in total. The van der Waals surface area contributed by atoms with Crippen LogP contribution in [0.15, 0.2) is 12.3 Å². The number of amides is 3. The third kappa shape index (κ3) is 3.33. The summed E-state index contributed by atoms with van der Waals surface area (Å²) in [6.07, 6.45) is 5.22. The van der Waals surface area contributed by atoms with E-state index in [-0.39, 0.29) is 35.5 Å². The highest BCUT2D eigenvalue weighted by molar-refractivity contribution is 5.98. The lowest BCUT2D eigenvalue weighted by atomic mass is 9.78. The standard InChI is InChI=1S/C18H25N5O3/c19-16(24)15-5-11(8-20-15)17(25)21-12-6-13(7-12)22-18(26)14-9-23-3-1-10(14)2-4-23/h5,8,10,12-14,20H,1-4,6-7,9H2,(H2,19,24)(H,21,25)(H,22,26). The van der Waals surface area contributed by atoms with Gasteiger partial charge in [-0.15, -0.1) is 0 Å². The highest BCUT2D eigenvalue weighted by Crippen LogP contribution is 2.33. The first kappa shape index (κ1) is 17.1. The van der Waals surface area contributed by atoms with Gasteiger partial charge in [0.2, 0.25) is 5.91 Å². The van der Waals surface area contributed by atoms with Crippen LogP contribution in [-0.4, -0.2) is 59.3 Å². The van der Waals surface area contributed by atoms with Gasteiger partial charge in [0, 0.05) is 24.8 Å². The maximum absolute atomic E-state index is 12.5. The molecule has 3 saturated heterocycles. The average molecular weight is 359 g/mol. The van der Waals surface area contributed by atoms with Crippen LogP contribution in [-0.2, 0) is 4.79 Å². The Hall–Kier alpha value is -2.35. The molecule has 1 atom stereocenters. The molecule has 8 heteroatoms. The lowest BCUT2D eigenvalue weighted by molar-refractivity contribution is -0.132. The molecule has 3 amide bonds. The number of nitrogens with one attached hydrogen (secondary N) is 3. The van der Waals surface area contributed by atoms with E-state index < -0.39 is 5.91 Å². The van der Waals surface area contributed by atoms with Gasteiger partial charge in [-0.1, -0.05) is 0 Å². The molecule has 4 heterocycles. The molecule has 5 rings (SSSR count). The summed E-state index contributed by atoms with van der Waals surface area (Å²) in [5.74, 6) is -0.00289. The third-order valence-corrected chi connectivity index (χ3v) is 6.02. The van der Waals surface area contributed by atoms with Crippen molar-refractivity contribution in [3.63, 3.8) is 0 Å². The number of nitrogens with zero attached hydrogens (tertiary/aromatic N) is 1. The van der Waals surface area contributed by atoms with Crippen LogP contribution in [0.1, 0.15) is 46.5 Å². The fraction of sp³-hybridized carbons (Fsp3) is 0.611. The second kappa shape index (κ2) is 6.75. The first-order valence-electron chi connectivity index (χ1n) is 9.31. The van der Waals surface area contributed by atoms with Crippen molar-refractivity contribution in [1.82, 2.24) is 20.5 Å². The van der Waals surface area contributed by atoms with Crippen molar-refractivity contribution < 1.29 is 14.4 Å². The van der Waals surface area contributed by atoms with Gasteiger partial charge in [0.15, 0.2) is 0 Å². The SMILES string of the molecule is NC(=O)c1cc(C(=O)NC2CC(NC(=O)C3CN4CCC3CC4)C2)c[nH]1. The number of aromatic amines is 1. The summed E-state index contributed by atoms with van der Waals surface area (Å²) in [4.78, 5) is 40.8. The van der Waals surface area contributed by atoms with Gasteiger partial charge >= 0.3 is 0 Å². The van der Waals surface area contributed by atoms with Gasteiger partial charge < -0.3 is 26.3 Å². The molecule has 1 unspecified atom stereocenters. The zero-order valence-corrected chi connectivity index (χ0v) is 14.7. The fourth-order valence-corrected chi connectivity index (χ4v) is 4.36. The van der Waals surface area contributed by atoms with Gasteiger partial charge in [0.25, 0.3) is 11.8 Å². The minimum absolute atomic E-state index is 0.0475. The number of carbonyl (C=O) groups is 3. The van der Waals surface area contributed by atoms with E-state index in [1.54, 1.807) is 0 Å². The Morgan fingerprint density at radius 2 is 1.81 bits per heavy atom. The monoisotopic (exact) mass is 359 g/mol. The quantitative estimate of drug-likeness (QED) is 0.583. The summed E-state index contributed by atoms with van der Waals surface area (Å²) in [5, 5.41) is 6.07. The summed E-state index contributed by atoms with van der Waals surface area (Å²) in [5.41, 5.74) is 5.77. The van der Waals surface area contributed by atoms with E-state index in [0.717, 1.165) is 45.3 Å². The summed E-state index contributed by atoms with van der Waals surface area (Å²) in [6, 6.07) is 1.63. The number of carbonyl (C=O) groups excluding carboxylic acids is 3. The van der Waals surface area contributed by atoms with Crippen LogP contribution < -0.4 is 16.4 Å². The zero-order valence-electron chi connectivity index (χ0n) is 14.7. The predicted octanol–water partition coefficient (Wildman–Crippen LogP) is -0.168. The number of rotatable bonds is 5. The van der Waals surface area contributed by atoms with E-state index in [0.29, 0.717) is 11.5 Å². The van der Waals surface area contributed by atoms with E-state index in [2.05, 4.69) is 20.5 Å². The van der Waals surface area contributed by atoms with Crippen LogP contribution in [0.3, 0.4) is 0 Å². The lowest BCUT2D eigenvalue weighted by Gasteiger charge is -2.45. The van der Waals surface area contributed by atoms with Crippen LogP contribution in [0.5, 0.6) is 0 Å². The normalized spacial score (nSPS) is 32.5. The van der Waals surface area contributed by atoms with E-state index >= 15 is 0 Å². The number of piperidine rings is 3. The predicted molar refractivity (Wildman–Crippen MR) is 94.4 cm³/mol. The number of hydrogen-bond acceptors (Lipinski definition) is 4. The number of H-pyrrole nitrogens is 1. The smallest absolute Gasteiger partial charge is 0.265 e. The van der Waals surface area contributed by atoms with Gasteiger partial charge in [0.05, 0.1) is 11.5 Å². The Labute approximate surface area is 151 Å². The van der Waals surface area contributed by atoms with E-state index in [1.165, 1.54) is 12.3 Å². The molecule has 3 aliphatic heterocycles. The summed E-state index contributed by atoms with van der Waals surface area (Å²) >= 11 is 0. The number of nitrogens with two attached hydrogens (primary N) is 1. The van der Waals surface area contributed by atoms with Gasteiger partial charge in [0.1, 0.15) is 5.69 Å². The van der Waals surface area contributed by atoms with Crippen LogP contribution in [0, 0.1) is 11.8 Å². The molecule has 0 aromatic carbocycles. The fourth-order valence-electron chi connectivity index (χ4n) is 4.36. The molecule has 26 heavy (non-hydrogen) atoms. The Kier molecular flexibility index (Phi) is 4.44. The second-order valence-electron chi connectivity index (χ2n) is 7.76. The largest absolute Gasteiger partial charge is 0.364 e. The molecular formula is C18H25N5O3. The molecule has 2 bridgehead atoms. The van der Waals surface area contributed by atoms with Crippen LogP contribution in [0.4, 0.5) is 0 Å². The number of aromatic nitrogens is 1. The average Bonchev–Trinajstić information content (AvgIpc) is 3.11. The van der Waals surface area contributed by atoms with Crippen molar-refractivity contribution in [2.75, 3.05) is 19.6 Å². The molecular weight excluding hydrogens is 334 g/mol. The van der Waals surface area contributed by atoms with Gasteiger partial charge in [-0.3, -0.25) is 14.4 Å². The first-order valence-corrected chi connectivity index (χ1v) is 9.31. The lowest BCUT2D eigenvalue weighted by Crippen LogP contribution is -2.58. The summed E-state index contributed by atoms with van der Waals surface area (Å²) < 4.78 is 0. The molecule has 8 nitrogen and oxygen atoms in total. The molecule has 1 aromatic rings. The molecule has 4 aliphatic rings. The molecule has 1 aliphatic carbocycles. The molecule has 4 fully saturated rings. The van der Waals surface area contributed by atoms with Crippen LogP contribution in [0.25, 0.3) is 0 Å². The summed E-state index contributed by atoms with van der Waals surface area (Å²) in [7, 11) is 0. The van der Waals surface area contributed by atoms with Crippen molar-refractivity contribution in [2.45, 2.75) is 37.8 Å². The molecule has 1 aromatic heterocycles. The van der Waals surface area contributed by atoms with Crippen LogP contribution in [0.2, 0.25) is 0 Å². The van der Waals surface area contributed by atoms with E-state index in [9.17, 15) is 14.4 Å². The Balaban J connectivity index is 1.22. The highest BCUT2D eigenvalue weighted by Gasteiger charge is 2.40. The van der Waals surface area contributed by atoms with Crippen molar-refractivity contribution in [3.8, 4) is 0 Å². The van der Waals surface area contributed by atoms with Crippen molar-refractivity contribution in [1.29, 1.82) is 0 Å². The number of fused-ring (bicyclic) bond motifs is 3. The highest BCUT2D eigenvalue weighted by atomic mass is 16.2. The molecule has 0 spiro atoms. The molecule has 1 saturated carbocycles. The topological polar surface area (TPSA) is 120 Å². The van der Waals surface area contributed by atoms with Gasteiger partial charge in [-0.25, -0.2) is 0 Å². The summed E-state index contributed by atoms with van der Waals surface area (Å²) in [6.45, 7) is 3.14. The molecule has 140 valence electrons. The maximum atomic E-state index is 12.5. The Morgan fingerprint density at radius 1 is 1.12 bits per heavy atom. The van der Waals surface area contributed by atoms with Crippen molar-refractivity contribution in [3.05, 3.63) is 23.5 Å². The van der Waals surface area contributed by atoms with Gasteiger partial charge in [-0.2, -0.15) is 0 Å². The zero-order chi connectivity index (χ0) is 18.3. The third-order valence-electron chi connectivity index (χ3n) is 6.02. The van der Waals surface area contributed by atoms with Crippen LogP contribution >= 0.6 is 0 Å². The van der Waals surface area contributed by atoms with Gasteiger partial charge in [-0.05, 0) is 50.8 Å². The maximum Gasteiger partial charge on any atom is 0.265 e. The van der Waals surface area contributed by atoms with Crippen molar-refractivity contribution >= 4 is 17.7 Å². The number of hydrogen-bond donors (Lipinski definition) is 4. The first-order chi connectivity index (χ1) is 12.5.